The van der Waals surface area contributed by atoms with Crippen molar-refractivity contribution in [3.05, 3.63) is 23.5 Å². The zero-order valence-corrected chi connectivity index (χ0v) is 11.5. The molecule has 0 aromatic carbocycles. The first-order chi connectivity index (χ1) is 9.58. The minimum Gasteiger partial charge on any atom is -0.483 e. The van der Waals surface area contributed by atoms with E-state index in [1.165, 1.54) is 6.92 Å². The van der Waals surface area contributed by atoms with E-state index in [4.69, 9.17) is 10.5 Å². The summed E-state index contributed by atoms with van der Waals surface area (Å²) in [6.45, 7) is 1.41. The molecule has 2 rings (SSSR count). The third-order valence-electron chi connectivity index (χ3n) is 3.36. The fourth-order valence-electron chi connectivity index (χ4n) is 2.23. The van der Waals surface area contributed by atoms with Gasteiger partial charge in [-0.3, -0.25) is 14.6 Å². The fourth-order valence-corrected chi connectivity index (χ4v) is 2.23. The first-order valence-electron chi connectivity index (χ1n) is 6.76. The lowest BCUT2D eigenvalue weighted by Gasteiger charge is -2.18. The lowest BCUT2D eigenvalue weighted by Crippen LogP contribution is -2.44. The Bertz CT molecular complexity index is 516. The van der Waals surface area contributed by atoms with Gasteiger partial charge in [0.25, 0.3) is 5.91 Å². The summed E-state index contributed by atoms with van der Waals surface area (Å²) in [4.78, 5) is 26.8. The van der Waals surface area contributed by atoms with Crippen LogP contribution in [-0.4, -0.2) is 29.4 Å². The summed E-state index contributed by atoms with van der Waals surface area (Å²) in [5.41, 5.74) is 7.23. The number of amides is 2. The maximum Gasteiger partial charge on any atom is 0.258 e. The minimum atomic E-state index is -0.697. The highest BCUT2D eigenvalue weighted by Gasteiger charge is 2.17. The molecule has 1 aromatic heterocycles. The number of rotatable bonds is 5. The van der Waals surface area contributed by atoms with Gasteiger partial charge < -0.3 is 15.8 Å². The van der Waals surface area contributed by atoms with Gasteiger partial charge in [-0.1, -0.05) is 0 Å². The van der Waals surface area contributed by atoms with Crippen molar-refractivity contribution in [3.8, 4) is 5.75 Å². The summed E-state index contributed by atoms with van der Waals surface area (Å²) >= 11 is 0. The maximum absolute atomic E-state index is 11.6. The SMILES string of the molecule is CC(NC(=O)COc1ccnc2c1CCCC2)C(N)=O. The van der Waals surface area contributed by atoms with E-state index < -0.39 is 11.9 Å². The number of hydrogen-bond donors (Lipinski definition) is 2. The van der Waals surface area contributed by atoms with Gasteiger partial charge in [0.05, 0.1) is 0 Å². The van der Waals surface area contributed by atoms with Crippen LogP contribution in [0.25, 0.3) is 0 Å². The van der Waals surface area contributed by atoms with E-state index in [1.807, 2.05) is 0 Å². The molecule has 108 valence electrons. The summed E-state index contributed by atoms with van der Waals surface area (Å²) < 4.78 is 5.54. The molecule has 0 bridgehead atoms. The standard InChI is InChI=1S/C14H19N3O3/c1-9(14(15)19)17-13(18)8-20-12-6-7-16-11-5-3-2-4-10(11)12/h6-7,9H,2-5,8H2,1H3,(H2,15,19)(H,17,18). The second-order valence-electron chi connectivity index (χ2n) is 4.92. The highest BCUT2D eigenvalue weighted by atomic mass is 16.5. The largest absolute Gasteiger partial charge is 0.483 e. The van der Waals surface area contributed by atoms with Crippen LogP contribution < -0.4 is 15.8 Å². The topological polar surface area (TPSA) is 94.3 Å². The lowest BCUT2D eigenvalue weighted by molar-refractivity contribution is -0.128. The molecule has 2 amide bonds. The molecule has 1 unspecified atom stereocenters. The molecule has 0 aliphatic heterocycles. The second kappa shape index (κ2) is 6.36. The molecule has 1 atom stereocenters. The van der Waals surface area contributed by atoms with Gasteiger partial charge in [0.1, 0.15) is 11.8 Å². The molecule has 0 spiro atoms. The normalized spacial score (nSPS) is 15.1. The Hall–Kier alpha value is -2.11. The number of nitrogens with one attached hydrogen (secondary N) is 1. The van der Waals surface area contributed by atoms with Crippen molar-refractivity contribution in [1.82, 2.24) is 10.3 Å². The molecule has 6 nitrogen and oxygen atoms in total. The Morgan fingerprint density at radius 3 is 2.95 bits per heavy atom. The van der Waals surface area contributed by atoms with Gasteiger partial charge in [0.2, 0.25) is 5.91 Å². The molecular weight excluding hydrogens is 258 g/mol. The van der Waals surface area contributed by atoms with E-state index in [2.05, 4.69) is 10.3 Å². The molecule has 1 aromatic rings. The highest BCUT2D eigenvalue weighted by molar-refractivity contribution is 5.86. The number of aromatic nitrogens is 1. The number of ether oxygens (including phenoxy) is 1. The molecule has 3 N–H and O–H groups in total. The Labute approximate surface area is 117 Å². The van der Waals surface area contributed by atoms with E-state index in [-0.39, 0.29) is 12.5 Å². The number of nitrogens with zero attached hydrogens (tertiary/aromatic N) is 1. The van der Waals surface area contributed by atoms with Crippen LogP contribution in [0.3, 0.4) is 0 Å². The molecule has 20 heavy (non-hydrogen) atoms. The van der Waals surface area contributed by atoms with Gasteiger partial charge in [-0.15, -0.1) is 0 Å². The van der Waals surface area contributed by atoms with Crippen molar-refractivity contribution in [2.75, 3.05) is 6.61 Å². The van der Waals surface area contributed by atoms with Crippen molar-refractivity contribution in [3.63, 3.8) is 0 Å². The number of carbonyl (C=O) groups is 2. The Balaban J connectivity index is 1.94. The number of pyridine rings is 1. The minimum absolute atomic E-state index is 0.131. The fraction of sp³-hybridized carbons (Fsp3) is 0.500. The van der Waals surface area contributed by atoms with Crippen LogP contribution in [0.5, 0.6) is 5.75 Å². The van der Waals surface area contributed by atoms with E-state index in [0.29, 0.717) is 5.75 Å². The average molecular weight is 277 g/mol. The third-order valence-corrected chi connectivity index (χ3v) is 3.36. The van der Waals surface area contributed by atoms with Crippen LogP contribution in [-0.2, 0) is 22.4 Å². The van der Waals surface area contributed by atoms with E-state index >= 15 is 0 Å². The first-order valence-corrected chi connectivity index (χ1v) is 6.76. The van der Waals surface area contributed by atoms with Crippen LogP contribution in [0.4, 0.5) is 0 Å². The molecule has 0 saturated carbocycles. The van der Waals surface area contributed by atoms with Gasteiger partial charge in [-0.2, -0.15) is 0 Å². The lowest BCUT2D eigenvalue weighted by atomic mass is 9.95. The molecule has 6 heteroatoms. The number of carbonyl (C=O) groups excluding carboxylic acids is 2. The molecule has 1 aliphatic carbocycles. The van der Waals surface area contributed by atoms with Crippen molar-refractivity contribution in [2.45, 2.75) is 38.6 Å². The first kappa shape index (κ1) is 14.3. The Morgan fingerprint density at radius 1 is 1.45 bits per heavy atom. The molecular formula is C14H19N3O3. The zero-order valence-electron chi connectivity index (χ0n) is 11.5. The molecule has 1 aliphatic rings. The summed E-state index contributed by atoms with van der Waals surface area (Å²) in [5, 5.41) is 2.48. The smallest absolute Gasteiger partial charge is 0.258 e. The summed E-state index contributed by atoms with van der Waals surface area (Å²) in [5.74, 6) is -0.228. The van der Waals surface area contributed by atoms with Gasteiger partial charge in [0.15, 0.2) is 6.61 Å². The van der Waals surface area contributed by atoms with Gasteiger partial charge in [-0.05, 0) is 38.7 Å². The molecule has 1 heterocycles. The maximum atomic E-state index is 11.6. The molecule has 0 saturated heterocycles. The number of aryl methyl sites for hydroxylation is 1. The van der Waals surface area contributed by atoms with E-state index in [0.717, 1.165) is 36.9 Å². The summed E-state index contributed by atoms with van der Waals surface area (Å²) in [6, 6.07) is 1.08. The van der Waals surface area contributed by atoms with Crippen LogP contribution in [0, 0.1) is 0 Å². The number of hydrogen-bond acceptors (Lipinski definition) is 4. The zero-order chi connectivity index (χ0) is 14.5. The second-order valence-corrected chi connectivity index (χ2v) is 4.92. The predicted molar refractivity (Wildman–Crippen MR) is 73.2 cm³/mol. The van der Waals surface area contributed by atoms with Gasteiger partial charge >= 0.3 is 0 Å². The highest BCUT2D eigenvalue weighted by Crippen LogP contribution is 2.27. The van der Waals surface area contributed by atoms with E-state index in [9.17, 15) is 9.59 Å². The van der Waals surface area contributed by atoms with Crippen LogP contribution >= 0.6 is 0 Å². The van der Waals surface area contributed by atoms with Crippen LogP contribution in [0.1, 0.15) is 31.0 Å². The Kier molecular flexibility index (Phi) is 4.55. The van der Waals surface area contributed by atoms with Crippen molar-refractivity contribution in [1.29, 1.82) is 0 Å². The van der Waals surface area contributed by atoms with Crippen LogP contribution in [0.2, 0.25) is 0 Å². The van der Waals surface area contributed by atoms with Crippen molar-refractivity contribution in [2.24, 2.45) is 5.73 Å². The number of fused-ring (bicyclic) bond motifs is 1. The van der Waals surface area contributed by atoms with Crippen molar-refractivity contribution >= 4 is 11.8 Å². The number of nitrogens with two attached hydrogens (primary N) is 1. The molecule has 0 fully saturated rings. The van der Waals surface area contributed by atoms with Crippen LogP contribution in [0.15, 0.2) is 12.3 Å². The Morgan fingerprint density at radius 2 is 2.20 bits per heavy atom. The summed E-state index contributed by atoms with van der Waals surface area (Å²) in [6.07, 6.45) is 5.83. The van der Waals surface area contributed by atoms with Gasteiger partial charge in [0, 0.05) is 17.5 Å². The number of primary amides is 1. The third kappa shape index (κ3) is 3.46. The molecule has 0 radical (unpaired) electrons. The predicted octanol–water partition coefficient (Wildman–Crippen LogP) is 0.329. The average Bonchev–Trinajstić information content (AvgIpc) is 2.44. The van der Waals surface area contributed by atoms with E-state index in [1.54, 1.807) is 12.3 Å². The quantitative estimate of drug-likeness (QED) is 0.811. The monoisotopic (exact) mass is 277 g/mol. The van der Waals surface area contributed by atoms with Gasteiger partial charge in [-0.25, -0.2) is 0 Å². The van der Waals surface area contributed by atoms with Crippen molar-refractivity contribution < 1.29 is 14.3 Å². The summed E-state index contributed by atoms with van der Waals surface area (Å²) in [7, 11) is 0.